The molecule has 0 unspecified atom stereocenters. The fourth-order valence-electron chi connectivity index (χ4n) is 1.20. The summed E-state index contributed by atoms with van der Waals surface area (Å²) < 4.78 is 13.8. The van der Waals surface area contributed by atoms with Gasteiger partial charge in [-0.1, -0.05) is 6.07 Å². The maximum absolute atomic E-state index is 13.5. The summed E-state index contributed by atoms with van der Waals surface area (Å²) in [7, 11) is 0. The summed E-state index contributed by atoms with van der Waals surface area (Å²) in [6.07, 6.45) is 1.63. The van der Waals surface area contributed by atoms with Gasteiger partial charge in [0.05, 0.1) is 10.0 Å². The van der Waals surface area contributed by atoms with Crippen LogP contribution in [-0.4, -0.2) is 18.3 Å². The zero-order chi connectivity index (χ0) is 12.0. The molecule has 0 atom stereocenters. The second kappa shape index (κ2) is 6.86. The Morgan fingerprint density at radius 2 is 2.19 bits per heavy atom. The molecule has 1 aromatic rings. The third-order valence-corrected chi connectivity index (χ3v) is 2.92. The summed E-state index contributed by atoms with van der Waals surface area (Å²) in [5.74, 6) is -0.355. The van der Waals surface area contributed by atoms with Crippen molar-refractivity contribution in [1.29, 1.82) is 0 Å². The Balaban J connectivity index is 2.56. The number of benzene rings is 1. The Labute approximate surface area is 107 Å². The van der Waals surface area contributed by atoms with Gasteiger partial charge >= 0.3 is 0 Å². The number of rotatable bonds is 5. The lowest BCUT2D eigenvalue weighted by Gasteiger charge is -2.06. The molecule has 5 heteroatoms. The van der Waals surface area contributed by atoms with E-state index in [0.29, 0.717) is 16.9 Å². The topological polar surface area (TPSA) is 29.1 Å². The van der Waals surface area contributed by atoms with E-state index in [2.05, 4.69) is 21.2 Å². The first-order valence-electron chi connectivity index (χ1n) is 4.95. The van der Waals surface area contributed by atoms with Crippen LogP contribution in [0.4, 0.5) is 4.39 Å². The Bertz CT molecular complexity index is 373. The third-order valence-electron chi connectivity index (χ3n) is 2.04. The van der Waals surface area contributed by atoms with Gasteiger partial charge in [0, 0.05) is 12.4 Å². The molecule has 16 heavy (non-hydrogen) atoms. The molecule has 0 aromatic heterocycles. The number of hydrogen-bond acceptors (Lipinski definition) is 1. The molecule has 0 bridgehead atoms. The van der Waals surface area contributed by atoms with Crippen molar-refractivity contribution in [2.24, 2.45) is 0 Å². The highest BCUT2D eigenvalue weighted by Crippen LogP contribution is 2.18. The molecule has 0 heterocycles. The Kier molecular flexibility index (Phi) is 5.77. The zero-order valence-corrected chi connectivity index (χ0v) is 10.9. The minimum atomic E-state index is -0.530. The van der Waals surface area contributed by atoms with Crippen molar-refractivity contribution < 1.29 is 9.18 Å². The lowest BCUT2D eigenvalue weighted by molar-refractivity contribution is 0.0949. The van der Waals surface area contributed by atoms with Gasteiger partial charge in [-0.3, -0.25) is 4.79 Å². The second-order valence-electron chi connectivity index (χ2n) is 3.25. The lowest BCUT2D eigenvalue weighted by atomic mass is 10.2. The van der Waals surface area contributed by atoms with E-state index in [1.807, 2.05) is 0 Å². The number of amides is 1. The van der Waals surface area contributed by atoms with Gasteiger partial charge in [-0.25, -0.2) is 4.39 Å². The summed E-state index contributed by atoms with van der Waals surface area (Å²) in [6.45, 7) is 0.511. The van der Waals surface area contributed by atoms with Crippen LogP contribution in [0, 0.1) is 5.82 Å². The number of unbranched alkanes of at least 4 members (excludes halogenated alkanes) is 1. The first-order chi connectivity index (χ1) is 7.66. The van der Waals surface area contributed by atoms with Crippen molar-refractivity contribution in [2.45, 2.75) is 12.8 Å². The number of nitrogens with one attached hydrogen (secondary N) is 1. The fourth-order valence-corrected chi connectivity index (χ4v) is 1.75. The van der Waals surface area contributed by atoms with Gasteiger partial charge in [0.1, 0.15) is 5.82 Å². The Hall–Kier alpha value is -0.610. The van der Waals surface area contributed by atoms with Crippen molar-refractivity contribution >= 4 is 33.4 Å². The van der Waals surface area contributed by atoms with Crippen LogP contribution in [0.3, 0.4) is 0 Å². The number of carbonyl (C=O) groups is 1. The molecule has 0 radical (unpaired) electrons. The van der Waals surface area contributed by atoms with Gasteiger partial charge in [-0.05, 0) is 40.9 Å². The third kappa shape index (κ3) is 3.76. The van der Waals surface area contributed by atoms with Crippen molar-refractivity contribution in [1.82, 2.24) is 5.32 Å². The van der Waals surface area contributed by atoms with E-state index in [4.69, 9.17) is 11.6 Å². The maximum Gasteiger partial charge on any atom is 0.254 e. The number of carbonyl (C=O) groups excluding carboxylic acids is 1. The van der Waals surface area contributed by atoms with Crippen LogP contribution in [0.15, 0.2) is 22.7 Å². The molecule has 1 amide bonds. The smallest absolute Gasteiger partial charge is 0.254 e. The predicted molar refractivity (Wildman–Crippen MR) is 66.4 cm³/mol. The summed E-state index contributed by atoms with van der Waals surface area (Å²) in [5, 5.41) is 2.64. The van der Waals surface area contributed by atoms with E-state index in [9.17, 15) is 9.18 Å². The summed E-state index contributed by atoms with van der Waals surface area (Å²) in [5.41, 5.74) is 0.0558. The van der Waals surface area contributed by atoms with Crippen molar-refractivity contribution in [2.75, 3.05) is 12.4 Å². The van der Waals surface area contributed by atoms with Crippen molar-refractivity contribution in [3.05, 3.63) is 34.1 Å². The largest absolute Gasteiger partial charge is 0.352 e. The molecular weight excluding hydrogens is 296 g/mol. The van der Waals surface area contributed by atoms with Crippen molar-refractivity contribution in [3.63, 3.8) is 0 Å². The molecular formula is C11H12BrClFNO. The van der Waals surface area contributed by atoms with Crippen LogP contribution in [0.25, 0.3) is 0 Å². The van der Waals surface area contributed by atoms with E-state index in [-0.39, 0.29) is 5.56 Å². The molecule has 1 N–H and O–H groups in total. The van der Waals surface area contributed by atoms with Crippen LogP contribution in [0.1, 0.15) is 23.2 Å². The van der Waals surface area contributed by atoms with E-state index in [0.717, 1.165) is 12.8 Å². The second-order valence-corrected chi connectivity index (χ2v) is 4.49. The fraction of sp³-hybridized carbons (Fsp3) is 0.364. The number of hydrogen-bond donors (Lipinski definition) is 1. The van der Waals surface area contributed by atoms with Crippen LogP contribution in [0.2, 0.25) is 0 Å². The van der Waals surface area contributed by atoms with E-state index in [1.165, 1.54) is 6.07 Å². The number of alkyl halides is 1. The molecule has 2 nitrogen and oxygen atoms in total. The van der Waals surface area contributed by atoms with Crippen molar-refractivity contribution in [3.8, 4) is 0 Å². The Morgan fingerprint density at radius 1 is 1.44 bits per heavy atom. The van der Waals surface area contributed by atoms with E-state index < -0.39 is 11.7 Å². The minimum Gasteiger partial charge on any atom is -0.352 e. The summed E-state index contributed by atoms with van der Waals surface area (Å²) >= 11 is 8.54. The molecule has 88 valence electrons. The first-order valence-corrected chi connectivity index (χ1v) is 6.27. The maximum atomic E-state index is 13.5. The highest BCUT2D eigenvalue weighted by Gasteiger charge is 2.12. The highest BCUT2D eigenvalue weighted by molar-refractivity contribution is 9.10. The average Bonchev–Trinajstić information content (AvgIpc) is 2.28. The van der Waals surface area contributed by atoms with Crippen LogP contribution >= 0.6 is 27.5 Å². The summed E-state index contributed by atoms with van der Waals surface area (Å²) in [4.78, 5) is 11.6. The number of halogens is 3. The molecule has 0 spiro atoms. The molecule has 0 saturated carbocycles. The average molecular weight is 309 g/mol. The van der Waals surface area contributed by atoms with Crippen LogP contribution < -0.4 is 5.32 Å². The van der Waals surface area contributed by atoms with Gasteiger partial charge in [0.25, 0.3) is 5.91 Å². The normalized spacial score (nSPS) is 10.2. The molecule has 0 aliphatic heterocycles. The van der Waals surface area contributed by atoms with Crippen LogP contribution in [-0.2, 0) is 0 Å². The van der Waals surface area contributed by atoms with Crippen LogP contribution in [0.5, 0.6) is 0 Å². The SMILES string of the molecule is O=C(NCCCCCl)c1cccc(Br)c1F. The monoisotopic (exact) mass is 307 g/mol. The van der Waals surface area contributed by atoms with E-state index >= 15 is 0 Å². The predicted octanol–water partition coefficient (Wildman–Crippen LogP) is 3.34. The van der Waals surface area contributed by atoms with Gasteiger partial charge in [-0.15, -0.1) is 11.6 Å². The van der Waals surface area contributed by atoms with Gasteiger partial charge in [-0.2, -0.15) is 0 Å². The first kappa shape index (κ1) is 13.5. The molecule has 0 saturated heterocycles. The quantitative estimate of drug-likeness (QED) is 0.656. The van der Waals surface area contributed by atoms with E-state index in [1.54, 1.807) is 12.1 Å². The Morgan fingerprint density at radius 3 is 2.88 bits per heavy atom. The molecule has 1 aromatic carbocycles. The molecule has 0 fully saturated rings. The molecule has 0 aliphatic rings. The van der Waals surface area contributed by atoms with Gasteiger partial charge in [0.15, 0.2) is 0 Å². The molecule has 0 aliphatic carbocycles. The molecule has 1 rings (SSSR count). The highest BCUT2D eigenvalue weighted by atomic mass is 79.9. The van der Waals surface area contributed by atoms with Gasteiger partial charge in [0.2, 0.25) is 0 Å². The minimum absolute atomic E-state index is 0.0558. The zero-order valence-electron chi connectivity index (χ0n) is 8.60. The lowest BCUT2D eigenvalue weighted by Crippen LogP contribution is -2.25. The summed E-state index contributed by atoms with van der Waals surface area (Å²) in [6, 6.07) is 4.64. The standard InChI is InChI=1S/C11H12BrClFNO/c12-9-5-3-4-8(10(9)14)11(16)15-7-2-1-6-13/h3-5H,1-2,6-7H2,(H,15,16). The van der Waals surface area contributed by atoms with Gasteiger partial charge < -0.3 is 5.32 Å².